The first kappa shape index (κ1) is 28.3. The zero-order valence-corrected chi connectivity index (χ0v) is 23.7. The van der Waals surface area contributed by atoms with Gasteiger partial charge in [0.2, 0.25) is 0 Å². The topological polar surface area (TPSA) is 118 Å². The standard InChI is InChI=1S/C31H35N7O2/c1-19(2)25-13-12-24(17-20(25)3)35-31(40)23-10-7-9-22(18-23)27-28-29(32)33-14-16-38(28)30(36-27)21(4)34-26(39)11-8-15-37(5)6/h7,9-10,12-14,16-19,21H,15H2,1-6H3,(H2,32,33)(H,34,39)(H,35,40)/t21-/m0/s1. The van der Waals surface area contributed by atoms with Crippen molar-refractivity contribution in [2.24, 2.45) is 0 Å². The molecule has 0 aliphatic heterocycles. The monoisotopic (exact) mass is 537 g/mol. The predicted octanol–water partition coefficient (Wildman–Crippen LogP) is 4.40. The molecule has 0 unspecified atom stereocenters. The molecule has 9 nitrogen and oxygen atoms in total. The molecule has 2 amide bonds. The Hall–Kier alpha value is -4.68. The van der Waals surface area contributed by atoms with Crippen molar-refractivity contribution in [2.75, 3.05) is 31.7 Å². The van der Waals surface area contributed by atoms with Crippen LogP contribution < -0.4 is 16.4 Å². The number of nitrogens with zero attached hydrogens (tertiary/aromatic N) is 4. The highest BCUT2D eigenvalue weighted by molar-refractivity contribution is 6.05. The maximum atomic E-state index is 13.2. The van der Waals surface area contributed by atoms with Crippen LogP contribution in [0.3, 0.4) is 0 Å². The van der Waals surface area contributed by atoms with Gasteiger partial charge in [-0.3, -0.25) is 18.9 Å². The first-order chi connectivity index (χ1) is 19.0. The van der Waals surface area contributed by atoms with Crippen molar-refractivity contribution in [1.82, 2.24) is 24.6 Å². The Morgan fingerprint density at radius 3 is 2.60 bits per heavy atom. The van der Waals surface area contributed by atoms with Gasteiger partial charge in [0.15, 0.2) is 0 Å². The number of nitrogens with two attached hydrogens (primary N) is 1. The fraction of sp³-hybridized carbons (Fsp3) is 0.290. The van der Waals surface area contributed by atoms with Crippen molar-refractivity contribution in [1.29, 1.82) is 0 Å². The summed E-state index contributed by atoms with van der Waals surface area (Å²) in [5, 5.41) is 5.87. The second kappa shape index (κ2) is 12.0. The summed E-state index contributed by atoms with van der Waals surface area (Å²) in [5.41, 5.74) is 11.7. The van der Waals surface area contributed by atoms with Gasteiger partial charge in [-0.25, -0.2) is 9.97 Å². The molecule has 2 aromatic heterocycles. The van der Waals surface area contributed by atoms with Gasteiger partial charge in [-0.1, -0.05) is 38.0 Å². The third-order valence-electron chi connectivity index (χ3n) is 6.49. The van der Waals surface area contributed by atoms with Crippen molar-refractivity contribution in [3.05, 3.63) is 77.4 Å². The molecule has 2 aromatic carbocycles. The van der Waals surface area contributed by atoms with Crippen molar-refractivity contribution in [3.8, 4) is 23.1 Å². The van der Waals surface area contributed by atoms with Gasteiger partial charge >= 0.3 is 0 Å². The summed E-state index contributed by atoms with van der Waals surface area (Å²) in [5.74, 6) is 6.07. The van der Waals surface area contributed by atoms with Crippen molar-refractivity contribution in [3.63, 3.8) is 0 Å². The molecule has 0 spiro atoms. The molecule has 9 heteroatoms. The number of nitrogens with one attached hydrogen (secondary N) is 2. The van der Waals surface area contributed by atoms with Crippen LogP contribution in [-0.2, 0) is 4.79 Å². The first-order valence-corrected chi connectivity index (χ1v) is 13.1. The highest BCUT2D eigenvalue weighted by Gasteiger charge is 2.21. The Morgan fingerprint density at radius 2 is 1.90 bits per heavy atom. The average molecular weight is 538 g/mol. The van der Waals surface area contributed by atoms with Crippen molar-refractivity contribution in [2.45, 2.75) is 39.7 Å². The minimum atomic E-state index is -0.465. The van der Waals surface area contributed by atoms with E-state index in [0.29, 0.717) is 40.6 Å². The maximum absolute atomic E-state index is 13.2. The summed E-state index contributed by atoms with van der Waals surface area (Å²) in [6.07, 6.45) is 3.33. The Morgan fingerprint density at radius 1 is 1.12 bits per heavy atom. The number of nitrogen functional groups attached to an aromatic ring is 1. The SMILES string of the molecule is Cc1cc(NC(=O)c2cccc(-c3nc([C@H](C)NC(=O)C#CCN(C)C)n4ccnc(N)c34)c2)ccc1C(C)C. The van der Waals surface area contributed by atoms with Gasteiger partial charge in [0.1, 0.15) is 22.9 Å². The van der Waals surface area contributed by atoms with E-state index in [4.69, 9.17) is 10.7 Å². The summed E-state index contributed by atoms with van der Waals surface area (Å²) in [7, 11) is 3.77. The fourth-order valence-electron chi connectivity index (χ4n) is 4.58. The molecule has 0 saturated carbocycles. The largest absolute Gasteiger partial charge is 0.382 e. The van der Waals surface area contributed by atoms with Crippen LogP contribution in [0, 0.1) is 18.8 Å². The normalized spacial score (nSPS) is 11.8. The van der Waals surface area contributed by atoms with E-state index in [2.05, 4.69) is 41.3 Å². The lowest BCUT2D eigenvalue weighted by Gasteiger charge is -2.12. The number of amides is 2. The van der Waals surface area contributed by atoms with E-state index >= 15 is 0 Å². The molecule has 4 N–H and O–H groups in total. The smallest absolute Gasteiger partial charge is 0.296 e. The molecule has 0 bridgehead atoms. The molecule has 206 valence electrons. The second-order valence-electron chi connectivity index (χ2n) is 10.3. The zero-order chi connectivity index (χ0) is 29.0. The molecule has 0 saturated heterocycles. The van der Waals surface area contributed by atoms with E-state index in [9.17, 15) is 9.59 Å². The van der Waals surface area contributed by atoms with Gasteiger partial charge in [0.05, 0.1) is 12.6 Å². The quantitative estimate of drug-likeness (QED) is 0.301. The lowest BCUT2D eigenvalue weighted by Crippen LogP contribution is -2.27. The molecule has 0 aliphatic carbocycles. The molecule has 0 radical (unpaired) electrons. The molecule has 40 heavy (non-hydrogen) atoms. The second-order valence-corrected chi connectivity index (χ2v) is 10.3. The number of anilines is 2. The van der Waals surface area contributed by atoms with Gasteiger partial charge < -0.3 is 16.4 Å². The lowest BCUT2D eigenvalue weighted by atomic mass is 9.97. The van der Waals surface area contributed by atoms with E-state index in [-0.39, 0.29) is 11.7 Å². The molecule has 1 atom stereocenters. The minimum absolute atomic E-state index is 0.231. The average Bonchev–Trinajstić information content (AvgIpc) is 3.29. The molecule has 4 aromatic rings. The highest BCUT2D eigenvalue weighted by Crippen LogP contribution is 2.31. The Labute approximate surface area is 234 Å². The number of hydrogen-bond acceptors (Lipinski definition) is 6. The summed E-state index contributed by atoms with van der Waals surface area (Å²) < 4.78 is 1.81. The number of benzene rings is 2. The van der Waals surface area contributed by atoms with Crippen LogP contribution in [0.4, 0.5) is 11.5 Å². The van der Waals surface area contributed by atoms with Crippen LogP contribution in [0.25, 0.3) is 16.8 Å². The Balaban J connectivity index is 1.64. The first-order valence-electron chi connectivity index (χ1n) is 13.1. The summed E-state index contributed by atoms with van der Waals surface area (Å²) in [6, 6.07) is 12.7. The number of carbonyl (C=O) groups is 2. The number of aryl methyl sites for hydroxylation is 1. The van der Waals surface area contributed by atoms with E-state index in [1.54, 1.807) is 30.6 Å². The van der Waals surface area contributed by atoms with Gasteiger partial charge in [0, 0.05) is 29.2 Å². The van der Waals surface area contributed by atoms with E-state index in [1.807, 2.05) is 61.5 Å². The maximum Gasteiger partial charge on any atom is 0.296 e. The minimum Gasteiger partial charge on any atom is -0.382 e. The van der Waals surface area contributed by atoms with Crippen molar-refractivity contribution >= 4 is 28.8 Å². The van der Waals surface area contributed by atoms with Crippen LogP contribution in [-0.4, -0.2) is 51.7 Å². The summed E-state index contributed by atoms with van der Waals surface area (Å²) >= 11 is 0. The fourth-order valence-corrected chi connectivity index (χ4v) is 4.58. The number of fused-ring (bicyclic) bond motifs is 1. The Kier molecular flexibility index (Phi) is 8.51. The van der Waals surface area contributed by atoms with Gasteiger partial charge in [-0.15, -0.1) is 0 Å². The molecule has 2 heterocycles. The number of hydrogen-bond donors (Lipinski definition) is 3. The highest BCUT2D eigenvalue weighted by atomic mass is 16.2. The lowest BCUT2D eigenvalue weighted by molar-refractivity contribution is -0.116. The van der Waals surface area contributed by atoms with Crippen LogP contribution in [0.2, 0.25) is 0 Å². The third kappa shape index (κ3) is 6.30. The van der Waals surface area contributed by atoms with Crippen LogP contribution in [0.5, 0.6) is 0 Å². The van der Waals surface area contributed by atoms with Crippen LogP contribution in [0.1, 0.15) is 60.0 Å². The summed E-state index contributed by atoms with van der Waals surface area (Å²) in [6.45, 7) is 8.65. The van der Waals surface area contributed by atoms with Gasteiger partial charge in [-0.2, -0.15) is 0 Å². The van der Waals surface area contributed by atoms with Gasteiger partial charge in [0.25, 0.3) is 11.8 Å². The number of imidazole rings is 1. The third-order valence-corrected chi connectivity index (χ3v) is 6.49. The van der Waals surface area contributed by atoms with Crippen LogP contribution in [0.15, 0.2) is 54.9 Å². The number of aromatic nitrogens is 3. The number of carbonyl (C=O) groups excluding carboxylic acids is 2. The molecular formula is C31H35N7O2. The van der Waals surface area contributed by atoms with E-state index in [0.717, 1.165) is 11.3 Å². The van der Waals surface area contributed by atoms with Gasteiger partial charge in [-0.05, 0) is 75.2 Å². The van der Waals surface area contributed by atoms with Crippen LogP contribution >= 0.6 is 0 Å². The predicted molar refractivity (Wildman–Crippen MR) is 159 cm³/mol. The number of rotatable bonds is 7. The van der Waals surface area contributed by atoms with E-state index in [1.165, 1.54) is 5.56 Å². The molecular weight excluding hydrogens is 502 g/mol. The Bertz CT molecular complexity index is 1630. The molecule has 0 aliphatic rings. The van der Waals surface area contributed by atoms with E-state index < -0.39 is 11.9 Å². The zero-order valence-electron chi connectivity index (χ0n) is 23.7. The van der Waals surface area contributed by atoms with Crippen molar-refractivity contribution < 1.29 is 9.59 Å². The summed E-state index contributed by atoms with van der Waals surface area (Å²) in [4.78, 5) is 36.6. The molecule has 4 rings (SSSR count). The molecule has 0 fully saturated rings.